The Balaban J connectivity index is 1.58. The van der Waals surface area contributed by atoms with Gasteiger partial charge in [-0.2, -0.15) is 0 Å². The van der Waals surface area contributed by atoms with Gasteiger partial charge < -0.3 is 15.2 Å². The minimum Gasteiger partial charge on any atom is -0.472 e. The second kappa shape index (κ2) is 7.72. The Labute approximate surface area is 157 Å². The number of aromatic nitrogens is 1. The van der Waals surface area contributed by atoms with Crippen LogP contribution >= 0.6 is 11.3 Å². The largest absolute Gasteiger partial charge is 0.472 e. The van der Waals surface area contributed by atoms with E-state index in [2.05, 4.69) is 22.3 Å². The first-order chi connectivity index (χ1) is 12.7. The van der Waals surface area contributed by atoms with Gasteiger partial charge in [0, 0.05) is 37.8 Å². The van der Waals surface area contributed by atoms with Crippen LogP contribution in [0.4, 0.5) is 0 Å². The molecule has 3 aromatic rings. The minimum absolute atomic E-state index is 0.346. The monoisotopic (exact) mass is 369 g/mol. The number of hydrogen-bond donors (Lipinski definition) is 2. The summed E-state index contributed by atoms with van der Waals surface area (Å²) in [4.78, 5) is 6.94. The first-order valence-electron chi connectivity index (χ1n) is 8.96. The molecule has 0 bridgehead atoms. The summed E-state index contributed by atoms with van der Waals surface area (Å²) in [6.45, 7) is 5.34. The molecule has 0 amide bonds. The first kappa shape index (κ1) is 17.4. The number of aliphatic hydroxyl groups excluding tert-OH is 1. The van der Waals surface area contributed by atoms with Crippen LogP contribution in [0.25, 0.3) is 20.8 Å². The highest BCUT2D eigenvalue weighted by atomic mass is 32.1. The number of fused-ring (bicyclic) bond motifs is 1. The Morgan fingerprint density at radius 3 is 2.65 bits per heavy atom. The number of rotatable bonds is 5. The molecule has 0 saturated carbocycles. The van der Waals surface area contributed by atoms with Crippen molar-refractivity contribution in [1.82, 2.24) is 15.2 Å². The molecule has 5 nitrogen and oxygen atoms in total. The third-order valence-electron chi connectivity index (χ3n) is 4.56. The molecule has 136 valence electrons. The highest BCUT2D eigenvalue weighted by molar-refractivity contribution is 7.21. The van der Waals surface area contributed by atoms with Crippen molar-refractivity contribution in [2.75, 3.05) is 26.2 Å². The molecule has 1 aliphatic heterocycles. The van der Waals surface area contributed by atoms with Gasteiger partial charge in [0.1, 0.15) is 16.9 Å². The minimum atomic E-state index is -0.570. The van der Waals surface area contributed by atoms with E-state index in [9.17, 15) is 5.11 Å². The average Bonchev–Trinajstić information content (AvgIpc) is 3.10. The molecule has 1 fully saturated rings. The van der Waals surface area contributed by atoms with E-state index in [0.717, 1.165) is 52.7 Å². The van der Waals surface area contributed by atoms with Crippen LogP contribution in [0, 0.1) is 0 Å². The first-order valence-corrected chi connectivity index (χ1v) is 9.78. The second-order valence-electron chi connectivity index (χ2n) is 6.55. The van der Waals surface area contributed by atoms with Gasteiger partial charge in [-0.25, -0.2) is 4.98 Å². The molecule has 1 aliphatic rings. The number of thiazole rings is 1. The molecule has 2 N–H and O–H groups in total. The van der Waals surface area contributed by atoms with Gasteiger partial charge in [-0.05, 0) is 19.1 Å². The van der Waals surface area contributed by atoms with E-state index in [0.29, 0.717) is 0 Å². The van der Waals surface area contributed by atoms with Crippen molar-refractivity contribution in [1.29, 1.82) is 0 Å². The number of aliphatic hydroxyl groups is 1. The summed E-state index contributed by atoms with van der Waals surface area (Å²) in [7, 11) is 0. The normalized spacial score (nSPS) is 17.9. The van der Waals surface area contributed by atoms with Gasteiger partial charge in [0.2, 0.25) is 0 Å². The Morgan fingerprint density at radius 2 is 1.92 bits per heavy atom. The smallest absolute Gasteiger partial charge is 0.178 e. The maximum Gasteiger partial charge on any atom is 0.178 e. The summed E-state index contributed by atoms with van der Waals surface area (Å²) in [5.41, 5.74) is 2.05. The van der Waals surface area contributed by atoms with Crippen molar-refractivity contribution < 1.29 is 9.84 Å². The molecule has 6 heteroatoms. The Morgan fingerprint density at radius 1 is 1.15 bits per heavy atom. The fraction of sp³-hybridized carbons (Fsp3) is 0.350. The van der Waals surface area contributed by atoms with E-state index in [1.807, 2.05) is 36.4 Å². The molecule has 0 aliphatic carbocycles. The highest BCUT2D eigenvalue weighted by Crippen LogP contribution is 2.32. The lowest BCUT2D eigenvalue weighted by atomic mass is 10.2. The molecule has 2 atom stereocenters. The van der Waals surface area contributed by atoms with Crippen molar-refractivity contribution in [3.8, 4) is 16.3 Å². The molecule has 0 spiro atoms. The Kier molecular flexibility index (Phi) is 5.17. The molecule has 2 aromatic carbocycles. The zero-order chi connectivity index (χ0) is 17.9. The maximum absolute atomic E-state index is 10.2. The summed E-state index contributed by atoms with van der Waals surface area (Å²) in [6.07, 6.45) is -0.916. The lowest BCUT2D eigenvalue weighted by molar-refractivity contribution is -0.0623. The maximum atomic E-state index is 10.2. The van der Waals surface area contributed by atoms with Crippen molar-refractivity contribution >= 4 is 21.6 Å². The van der Waals surface area contributed by atoms with Gasteiger partial charge in [0.15, 0.2) is 6.23 Å². The van der Waals surface area contributed by atoms with Crippen molar-refractivity contribution in [2.45, 2.75) is 19.3 Å². The third kappa shape index (κ3) is 3.73. The van der Waals surface area contributed by atoms with Gasteiger partial charge in [0.05, 0.1) is 10.2 Å². The molecule has 1 aromatic heterocycles. The van der Waals surface area contributed by atoms with E-state index in [1.165, 1.54) is 0 Å². The predicted octanol–water partition coefficient (Wildman–Crippen LogP) is 2.95. The van der Waals surface area contributed by atoms with Crippen LogP contribution < -0.4 is 10.1 Å². The molecule has 0 radical (unpaired) electrons. The molecular weight excluding hydrogens is 346 g/mol. The van der Waals surface area contributed by atoms with Gasteiger partial charge in [-0.3, -0.25) is 4.90 Å². The SMILES string of the molecule is CC(O)C(Oc1ccc2sc(-c3ccccc3)nc2c1)N1CCNCC1. The number of nitrogens with one attached hydrogen (secondary N) is 1. The summed E-state index contributed by atoms with van der Waals surface area (Å²) >= 11 is 1.68. The van der Waals surface area contributed by atoms with Gasteiger partial charge >= 0.3 is 0 Å². The van der Waals surface area contributed by atoms with E-state index in [4.69, 9.17) is 9.72 Å². The molecule has 2 heterocycles. The van der Waals surface area contributed by atoms with Crippen molar-refractivity contribution in [3.63, 3.8) is 0 Å². The van der Waals surface area contributed by atoms with Crippen LogP contribution in [0.3, 0.4) is 0 Å². The Bertz CT molecular complexity index is 860. The highest BCUT2D eigenvalue weighted by Gasteiger charge is 2.26. The molecule has 26 heavy (non-hydrogen) atoms. The van der Waals surface area contributed by atoms with Gasteiger partial charge in [-0.1, -0.05) is 30.3 Å². The fourth-order valence-electron chi connectivity index (χ4n) is 3.24. The summed E-state index contributed by atoms with van der Waals surface area (Å²) < 4.78 is 7.28. The number of benzene rings is 2. The standard InChI is InChI=1S/C20H23N3O2S/c1-14(24)20(23-11-9-21-10-12-23)25-16-7-8-18-17(13-16)22-19(26-18)15-5-3-2-4-6-15/h2-8,13-14,20-21,24H,9-12H2,1H3. The van der Waals surface area contributed by atoms with E-state index in [1.54, 1.807) is 18.3 Å². The van der Waals surface area contributed by atoms with Crippen LogP contribution in [0.2, 0.25) is 0 Å². The number of hydrogen-bond acceptors (Lipinski definition) is 6. The van der Waals surface area contributed by atoms with E-state index >= 15 is 0 Å². The molecule has 2 unspecified atom stereocenters. The summed E-state index contributed by atoms with van der Waals surface area (Å²) in [5, 5.41) is 14.5. The van der Waals surface area contributed by atoms with Crippen LogP contribution in [-0.2, 0) is 0 Å². The van der Waals surface area contributed by atoms with Gasteiger partial charge in [-0.15, -0.1) is 11.3 Å². The summed E-state index contributed by atoms with van der Waals surface area (Å²) in [6, 6.07) is 16.2. The topological polar surface area (TPSA) is 57.6 Å². The Hall–Kier alpha value is -1.99. The molecule has 1 saturated heterocycles. The molecular formula is C20H23N3O2S. The quantitative estimate of drug-likeness (QED) is 0.724. The number of nitrogens with zero attached hydrogens (tertiary/aromatic N) is 2. The fourth-order valence-corrected chi connectivity index (χ4v) is 4.19. The predicted molar refractivity (Wildman–Crippen MR) is 106 cm³/mol. The number of ether oxygens (including phenoxy) is 1. The van der Waals surface area contributed by atoms with E-state index < -0.39 is 6.10 Å². The average molecular weight is 369 g/mol. The molecule has 4 rings (SSSR count). The van der Waals surface area contributed by atoms with Crippen LogP contribution in [0.1, 0.15) is 6.92 Å². The number of piperazine rings is 1. The lowest BCUT2D eigenvalue weighted by Gasteiger charge is -2.36. The van der Waals surface area contributed by atoms with E-state index in [-0.39, 0.29) is 6.23 Å². The van der Waals surface area contributed by atoms with Crippen molar-refractivity contribution in [3.05, 3.63) is 48.5 Å². The summed E-state index contributed by atoms with van der Waals surface area (Å²) in [5.74, 6) is 0.742. The van der Waals surface area contributed by atoms with Crippen LogP contribution in [0.15, 0.2) is 48.5 Å². The van der Waals surface area contributed by atoms with Crippen LogP contribution in [-0.4, -0.2) is 53.5 Å². The second-order valence-corrected chi connectivity index (χ2v) is 7.58. The lowest BCUT2D eigenvalue weighted by Crippen LogP contribution is -2.54. The zero-order valence-electron chi connectivity index (χ0n) is 14.8. The zero-order valence-corrected chi connectivity index (χ0v) is 15.6. The van der Waals surface area contributed by atoms with Crippen LogP contribution in [0.5, 0.6) is 5.75 Å². The van der Waals surface area contributed by atoms with Gasteiger partial charge in [0.25, 0.3) is 0 Å². The van der Waals surface area contributed by atoms with Crippen molar-refractivity contribution in [2.24, 2.45) is 0 Å². The third-order valence-corrected chi connectivity index (χ3v) is 5.65.